The molecule has 1 atom stereocenters. The molecular weight excluding hydrogens is 368 g/mol. The smallest absolute Gasteiger partial charge is 0.238 e. The van der Waals surface area contributed by atoms with Crippen molar-refractivity contribution >= 4 is 27.5 Å². The van der Waals surface area contributed by atoms with E-state index in [2.05, 4.69) is 26.6 Å². The molecule has 5 heteroatoms. The lowest BCUT2D eigenvalue weighted by molar-refractivity contribution is -0.115. The minimum Gasteiger partial charge on any atom is -0.496 e. The van der Waals surface area contributed by atoms with Gasteiger partial charge in [-0.25, -0.2) is 0 Å². The fraction of sp³-hybridized carbons (Fsp3) is 0.316. The van der Waals surface area contributed by atoms with Gasteiger partial charge in [0.15, 0.2) is 0 Å². The summed E-state index contributed by atoms with van der Waals surface area (Å²) in [6, 6.07) is 12.0. The normalized spacial score (nSPS) is 11.9. The molecule has 0 saturated heterocycles. The molecule has 2 aromatic rings. The molecule has 0 fully saturated rings. The minimum absolute atomic E-state index is 0.0524. The summed E-state index contributed by atoms with van der Waals surface area (Å²) in [5, 5.41) is 6.20. The van der Waals surface area contributed by atoms with Gasteiger partial charge in [0.2, 0.25) is 5.91 Å². The van der Waals surface area contributed by atoms with Gasteiger partial charge in [-0.3, -0.25) is 4.79 Å². The van der Waals surface area contributed by atoms with Crippen molar-refractivity contribution in [1.82, 2.24) is 5.32 Å². The summed E-state index contributed by atoms with van der Waals surface area (Å²) in [4.78, 5) is 12.2. The molecule has 0 aliphatic heterocycles. The molecule has 0 radical (unpaired) electrons. The van der Waals surface area contributed by atoms with E-state index in [0.717, 1.165) is 32.6 Å². The number of carbonyl (C=O) groups is 1. The lowest BCUT2D eigenvalue weighted by Crippen LogP contribution is -2.30. The van der Waals surface area contributed by atoms with E-state index in [1.807, 2.05) is 57.2 Å². The second kappa shape index (κ2) is 8.31. The number of rotatable bonds is 6. The van der Waals surface area contributed by atoms with Gasteiger partial charge in [0.25, 0.3) is 0 Å². The van der Waals surface area contributed by atoms with Crippen LogP contribution in [0, 0.1) is 13.8 Å². The van der Waals surface area contributed by atoms with Crippen molar-refractivity contribution in [3.63, 3.8) is 0 Å². The molecule has 128 valence electrons. The summed E-state index contributed by atoms with van der Waals surface area (Å²) in [5.41, 5.74) is 4.13. The maximum atomic E-state index is 12.2. The van der Waals surface area contributed by atoms with E-state index in [1.54, 1.807) is 7.11 Å². The van der Waals surface area contributed by atoms with Crippen LogP contribution in [0.15, 0.2) is 40.9 Å². The Morgan fingerprint density at radius 1 is 1.21 bits per heavy atom. The first-order chi connectivity index (χ1) is 11.4. The molecule has 24 heavy (non-hydrogen) atoms. The topological polar surface area (TPSA) is 50.4 Å². The number of aryl methyl sites for hydroxylation is 2. The molecular formula is C19H23BrN2O2. The second-order valence-electron chi connectivity index (χ2n) is 5.86. The molecule has 0 bridgehead atoms. The summed E-state index contributed by atoms with van der Waals surface area (Å²) >= 11 is 3.48. The Morgan fingerprint density at radius 3 is 2.62 bits per heavy atom. The van der Waals surface area contributed by atoms with Gasteiger partial charge in [0, 0.05) is 11.7 Å². The molecule has 0 heterocycles. The van der Waals surface area contributed by atoms with Crippen LogP contribution >= 0.6 is 15.9 Å². The highest BCUT2D eigenvalue weighted by molar-refractivity contribution is 9.10. The van der Waals surface area contributed by atoms with Crippen molar-refractivity contribution in [1.29, 1.82) is 0 Å². The summed E-state index contributed by atoms with van der Waals surface area (Å²) in [7, 11) is 1.64. The first-order valence-corrected chi connectivity index (χ1v) is 8.64. The van der Waals surface area contributed by atoms with Crippen LogP contribution in [0.3, 0.4) is 0 Å². The zero-order valence-corrected chi connectivity index (χ0v) is 16.0. The Hall–Kier alpha value is -1.85. The van der Waals surface area contributed by atoms with E-state index < -0.39 is 0 Å². The quantitative estimate of drug-likeness (QED) is 0.769. The molecule has 2 N–H and O–H groups in total. The maximum Gasteiger partial charge on any atom is 0.238 e. The molecule has 0 saturated carbocycles. The highest BCUT2D eigenvalue weighted by Gasteiger charge is 2.11. The Labute approximate surface area is 151 Å². The highest BCUT2D eigenvalue weighted by Crippen LogP contribution is 2.27. The standard InChI is InChI=1S/C19H23BrN2O2/c1-12-5-6-13(2)17(9-12)22-19(23)11-21-14(3)15-7-8-18(24-4)16(20)10-15/h5-10,14,21H,11H2,1-4H3,(H,22,23)/t14-/m1/s1. The largest absolute Gasteiger partial charge is 0.496 e. The lowest BCUT2D eigenvalue weighted by Gasteiger charge is -2.16. The lowest BCUT2D eigenvalue weighted by atomic mass is 10.1. The highest BCUT2D eigenvalue weighted by atomic mass is 79.9. The average molecular weight is 391 g/mol. The Morgan fingerprint density at radius 2 is 1.96 bits per heavy atom. The summed E-state index contributed by atoms with van der Waals surface area (Å²) in [5.74, 6) is 0.738. The van der Waals surface area contributed by atoms with Crippen LogP contribution in [0.4, 0.5) is 5.69 Å². The van der Waals surface area contributed by atoms with Gasteiger partial charge in [0.1, 0.15) is 5.75 Å². The summed E-state index contributed by atoms with van der Waals surface area (Å²) in [6.07, 6.45) is 0. The minimum atomic E-state index is -0.0527. The third-order valence-electron chi connectivity index (χ3n) is 3.91. The summed E-state index contributed by atoms with van der Waals surface area (Å²) < 4.78 is 6.13. The van der Waals surface area contributed by atoms with Gasteiger partial charge in [-0.15, -0.1) is 0 Å². The average Bonchev–Trinajstić information content (AvgIpc) is 2.56. The number of benzene rings is 2. The third-order valence-corrected chi connectivity index (χ3v) is 4.53. The van der Waals surface area contributed by atoms with E-state index in [-0.39, 0.29) is 18.5 Å². The van der Waals surface area contributed by atoms with Crippen molar-refractivity contribution in [3.8, 4) is 5.75 Å². The number of amides is 1. The predicted molar refractivity (Wildman–Crippen MR) is 102 cm³/mol. The second-order valence-corrected chi connectivity index (χ2v) is 6.72. The number of ether oxygens (including phenoxy) is 1. The molecule has 0 aliphatic rings. The third kappa shape index (κ3) is 4.82. The zero-order chi connectivity index (χ0) is 17.7. The fourth-order valence-corrected chi connectivity index (χ4v) is 2.94. The van der Waals surface area contributed by atoms with E-state index >= 15 is 0 Å². The van der Waals surface area contributed by atoms with Crippen LogP contribution in [-0.2, 0) is 4.79 Å². The van der Waals surface area contributed by atoms with E-state index in [1.165, 1.54) is 0 Å². The van der Waals surface area contributed by atoms with Crippen LogP contribution in [-0.4, -0.2) is 19.6 Å². The van der Waals surface area contributed by atoms with E-state index in [9.17, 15) is 4.79 Å². The first kappa shape index (κ1) is 18.5. The van der Waals surface area contributed by atoms with E-state index in [0.29, 0.717) is 0 Å². The molecule has 0 aliphatic carbocycles. The van der Waals surface area contributed by atoms with Crippen molar-refractivity contribution in [2.45, 2.75) is 26.8 Å². The maximum absolute atomic E-state index is 12.2. The SMILES string of the molecule is COc1ccc([C@@H](C)NCC(=O)Nc2cc(C)ccc2C)cc1Br. The van der Waals surface area contributed by atoms with E-state index in [4.69, 9.17) is 4.74 Å². The van der Waals surface area contributed by atoms with Crippen molar-refractivity contribution in [2.24, 2.45) is 0 Å². The number of carbonyl (C=O) groups excluding carboxylic acids is 1. The molecule has 0 spiro atoms. The predicted octanol–water partition coefficient (Wildman–Crippen LogP) is 4.36. The van der Waals surface area contributed by atoms with Crippen LogP contribution in [0.25, 0.3) is 0 Å². The van der Waals surface area contributed by atoms with Crippen molar-refractivity contribution < 1.29 is 9.53 Å². The van der Waals surface area contributed by atoms with Crippen molar-refractivity contribution in [3.05, 3.63) is 57.6 Å². The first-order valence-electron chi connectivity index (χ1n) is 7.84. The van der Waals surface area contributed by atoms with Gasteiger partial charge < -0.3 is 15.4 Å². The number of anilines is 1. The summed E-state index contributed by atoms with van der Waals surface area (Å²) in [6.45, 7) is 6.27. The number of nitrogens with one attached hydrogen (secondary N) is 2. The number of methoxy groups -OCH3 is 1. The molecule has 1 amide bonds. The molecule has 4 nitrogen and oxygen atoms in total. The molecule has 2 rings (SSSR count). The Kier molecular flexibility index (Phi) is 6.40. The van der Waals surface area contributed by atoms with Crippen LogP contribution in [0.2, 0.25) is 0 Å². The molecule has 0 unspecified atom stereocenters. The Balaban J connectivity index is 1.93. The van der Waals surface area contributed by atoms with Gasteiger partial charge in [-0.2, -0.15) is 0 Å². The monoisotopic (exact) mass is 390 g/mol. The van der Waals surface area contributed by atoms with Gasteiger partial charge in [0.05, 0.1) is 18.1 Å². The van der Waals surface area contributed by atoms with Crippen molar-refractivity contribution in [2.75, 3.05) is 19.0 Å². The van der Waals surface area contributed by atoms with Crippen LogP contribution in [0.1, 0.15) is 29.7 Å². The van der Waals surface area contributed by atoms with Gasteiger partial charge >= 0.3 is 0 Å². The van der Waals surface area contributed by atoms with Gasteiger partial charge in [-0.1, -0.05) is 18.2 Å². The zero-order valence-electron chi connectivity index (χ0n) is 14.4. The van der Waals surface area contributed by atoms with Gasteiger partial charge in [-0.05, 0) is 71.6 Å². The van der Waals surface area contributed by atoms with Crippen LogP contribution in [0.5, 0.6) is 5.75 Å². The number of hydrogen-bond donors (Lipinski definition) is 2. The number of halogens is 1. The fourth-order valence-electron chi connectivity index (χ4n) is 2.38. The molecule has 2 aromatic carbocycles. The molecule has 0 aromatic heterocycles. The Bertz CT molecular complexity index is 731. The van der Waals surface area contributed by atoms with Crippen LogP contribution < -0.4 is 15.4 Å². The number of hydrogen-bond acceptors (Lipinski definition) is 3.